The number of halogens is 1. The van der Waals surface area contributed by atoms with Gasteiger partial charge in [-0.3, -0.25) is 4.79 Å². The van der Waals surface area contributed by atoms with Crippen molar-refractivity contribution in [2.24, 2.45) is 0 Å². The number of hydrogen-bond donors (Lipinski definition) is 2. The van der Waals surface area contributed by atoms with Crippen LogP contribution in [0, 0.1) is 0 Å². The molecule has 0 atom stereocenters. The van der Waals surface area contributed by atoms with E-state index in [1.807, 2.05) is 24.3 Å². The summed E-state index contributed by atoms with van der Waals surface area (Å²) in [6.07, 6.45) is 0.834. The molecule has 1 rings (SSSR count). The highest BCUT2D eigenvalue weighted by Crippen LogP contribution is 2.15. The fraction of sp³-hybridized carbons (Fsp3) is 0.300. The van der Waals surface area contributed by atoms with Gasteiger partial charge >= 0.3 is 0 Å². The first kappa shape index (κ1) is 11.6. The Morgan fingerprint density at radius 2 is 2.14 bits per heavy atom. The van der Waals surface area contributed by atoms with Crippen molar-refractivity contribution in [2.75, 3.05) is 12.3 Å². The molecule has 0 unspecified atom stereocenters. The summed E-state index contributed by atoms with van der Waals surface area (Å²) in [7, 11) is 0. The summed E-state index contributed by atoms with van der Waals surface area (Å²) < 4.78 is 1.08. The van der Waals surface area contributed by atoms with E-state index in [9.17, 15) is 4.79 Å². The van der Waals surface area contributed by atoms with Crippen LogP contribution in [-0.4, -0.2) is 18.2 Å². The van der Waals surface area contributed by atoms with Crippen LogP contribution in [-0.2, 0) is 11.2 Å². The van der Waals surface area contributed by atoms with Crippen LogP contribution in [0.4, 0.5) is 0 Å². The fourth-order valence-corrected chi connectivity index (χ4v) is 1.69. The second-order valence-electron chi connectivity index (χ2n) is 2.85. The second-order valence-corrected chi connectivity index (χ2v) is 4.02. The summed E-state index contributed by atoms with van der Waals surface area (Å²) in [6.45, 7) is 0.655. The highest BCUT2D eigenvalue weighted by atomic mass is 79.9. The molecular formula is C10H12BrNOS. The molecule has 4 heteroatoms. The van der Waals surface area contributed by atoms with Crippen molar-refractivity contribution in [2.45, 2.75) is 6.42 Å². The summed E-state index contributed by atoms with van der Waals surface area (Å²) in [5.41, 5.74) is 1.20. The number of nitrogens with one attached hydrogen (secondary N) is 1. The van der Waals surface area contributed by atoms with E-state index in [0.29, 0.717) is 6.54 Å². The predicted molar refractivity (Wildman–Crippen MR) is 64.7 cm³/mol. The van der Waals surface area contributed by atoms with E-state index in [-0.39, 0.29) is 11.7 Å². The molecule has 0 spiro atoms. The quantitative estimate of drug-likeness (QED) is 0.808. The van der Waals surface area contributed by atoms with Crippen LogP contribution in [0.5, 0.6) is 0 Å². The molecule has 0 heterocycles. The number of hydrogen-bond acceptors (Lipinski definition) is 2. The largest absolute Gasteiger partial charge is 0.355 e. The number of carbonyl (C=O) groups is 1. The minimum absolute atomic E-state index is 0.0274. The zero-order valence-corrected chi connectivity index (χ0v) is 10.1. The average molecular weight is 274 g/mol. The van der Waals surface area contributed by atoms with Crippen LogP contribution in [0.15, 0.2) is 28.7 Å². The molecule has 1 amide bonds. The molecule has 1 N–H and O–H groups in total. The van der Waals surface area contributed by atoms with Crippen LogP contribution in [0.3, 0.4) is 0 Å². The maximum absolute atomic E-state index is 10.9. The van der Waals surface area contributed by atoms with Crippen molar-refractivity contribution < 1.29 is 4.79 Å². The summed E-state index contributed by atoms with van der Waals surface area (Å²) in [4.78, 5) is 10.9. The Morgan fingerprint density at radius 1 is 1.43 bits per heavy atom. The maximum Gasteiger partial charge on any atom is 0.229 e. The lowest BCUT2D eigenvalue weighted by Crippen LogP contribution is -2.26. The number of rotatable bonds is 4. The van der Waals surface area contributed by atoms with Gasteiger partial charge in [0, 0.05) is 11.0 Å². The van der Waals surface area contributed by atoms with E-state index < -0.39 is 0 Å². The van der Waals surface area contributed by atoms with Crippen molar-refractivity contribution >= 4 is 34.5 Å². The zero-order valence-electron chi connectivity index (χ0n) is 7.66. The summed E-state index contributed by atoms with van der Waals surface area (Å²) in [5.74, 6) is 0.219. The average Bonchev–Trinajstić information content (AvgIpc) is 2.20. The molecule has 0 saturated carbocycles. The molecule has 0 aromatic heterocycles. The van der Waals surface area contributed by atoms with E-state index in [2.05, 4.69) is 33.9 Å². The van der Waals surface area contributed by atoms with Gasteiger partial charge in [0.1, 0.15) is 0 Å². The minimum Gasteiger partial charge on any atom is -0.355 e. The maximum atomic E-state index is 10.9. The van der Waals surface area contributed by atoms with E-state index in [0.717, 1.165) is 10.9 Å². The highest BCUT2D eigenvalue weighted by Gasteiger charge is 1.99. The lowest BCUT2D eigenvalue weighted by molar-refractivity contribution is -0.118. The molecule has 0 aliphatic heterocycles. The van der Waals surface area contributed by atoms with Gasteiger partial charge in [0.25, 0.3) is 0 Å². The molecule has 14 heavy (non-hydrogen) atoms. The van der Waals surface area contributed by atoms with Crippen LogP contribution >= 0.6 is 28.6 Å². The van der Waals surface area contributed by atoms with E-state index in [4.69, 9.17) is 0 Å². The van der Waals surface area contributed by atoms with Gasteiger partial charge in [0.05, 0.1) is 5.75 Å². The van der Waals surface area contributed by atoms with Gasteiger partial charge in [-0.25, -0.2) is 0 Å². The molecule has 1 aromatic rings. The van der Waals surface area contributed by atoms with Gasteiger partial charge in [-0.15, -0.1) is 0 Å². The van der Waals surface area contributed by atoms with Gasteiger partial charge in [-0.2, -0.15) is 12.6 Å². The first-order valence-corrected chi connectivity index (χ1v) is 5.77. The van der Waals surface area contributed by atoms with Gasteiger partial charge in [-0.1, -0.05) is 34.1 Å². The smallest absolute Gasteiger partial charge is 0.229 e. The highest BCUT2D eigenvalue weighted by molar-refractivity contribution is 9.10. The number of benzene rings is 1. The second kappa shape index (κ2) is 6.09. The third-order valence-electron chi connectivity index (χ3n) is 1.82. The summed E-state index contributed by atoms with van der Waals surface area (Å²) in [5, 5.41) is 2.77. The summed E-state index contributed by atoms with van der Waals surface area (Å²) in [6, 6.07) is 7.99. The number of amides is 1. The molecule has 1 aromatic carbocycles. The standard InChI is InChI=1S/C10H12BrNOS/c11-9-4-2-1-3-8(9)5-6-12-10(13)7-14/h1-4,14H,5-7H2,(H,12,13). The Morgan fingerprint density at radius 3 is 2.79 bits per heavy atom. The normalized spacial score (nSPS) is 9.86. The Hall–Kier alpha value is -0.480. The van der Waals surface area contributed by atoms with Crippen molar-refractivity contribution in [1.29, 1.82) is 0 Å². The van der Waals surface area contributed by atoms with Crippen LogP contribution in [0.1, 0.15) is 5.56 Å². The van der Waals surface area contributed by atoms with Crippen LogP contribution in [0.25, 0.3) is 0 Å². The molecule has 0 radical (unpaired) electrons. The third kappa shape index (κ3) is 3.72. The van der Waals surface area contributed by atoms with Crippen molar-refractivity contribution in [3.63, 3.8) is 0 Å². The lowest BCUT2D eigenvalue weighted by Gasteiger charge is -2.05. The molecular weight excluding hydrogens is 262 g/mol. The molecule has 76 valence electrons. The van der Waals surface area contributed by atoms with Gasteiger partial charge in [0.2, 0.25) is 5.91 Å². The zero-order chi connectivity index (χ0) is 10.4. The third-order valence-corrected chi connectivity index (χ3v) is 2.88. The molecule has 2 nitrogen and oxygen atoms in total. The first-order valence-electron chi connectivity index (χ1n) is 4.35. The van der Waals surface area contributed by atoms with E-state index in [1.54, 1.807) is 0 Å². The number of thiol groups is 1. The van der Waals surface area contributed by atoms with Crippen LogP contribution < -0.4 is 5.32 Å². The van der Waals surface area contributed by atoms with Gasteiger partial charge < -0.3 is 5.32 Å². The monoisotopic (exact) mass is 273 g/mol. The Bertz CT molecular complexity index is 317. The van der Waals surface area contributed by atoms with Crippen molar-refractivity contribution in [3.05, 3.63) is 34.3 Å². The first-order chi connectivity index (χ1) is 6.74. The Kier molecular flexibility index (Phi) is 5.04. The van der Waals surface area contributed by atoms with E-state index >= 15 is 0 Å². The lowest BCUT2D eigenvalue weighted by atomic mass is 10.1. The fourth-order valence-electron chi connectivity index (χ4n) is 1.09. The summed E-state index contributed by atoms with van der Waals surface area (Å²) >= 11 is 7.33. The van der Waals surface area contributed by atoms with Crippen molar-refractivity contribution in [1.82, 2.24) is 5.32 Å². The van der Waals surface area contributed by atoms with Gasteiger partial charge in [0.15, 0.2) is 0 Å². The molecule has 0 fully saturated rings. The Balaban J connectivity index is 2.39. The Labute approximate surface area is 97.6 Å². The van der Waals surface area contributed by atoms with Crippen LogP contribution in [0.2, 0.25) is 0 Å². The van der Waals surface area contributed by atoms with Crippen molar-refractivity contribution in [3.8, 4) is 0 Å². The topological polar surface area (TPSA) is 29.1 Å². The molecule has 0 saturated heterocycles. The molecule has 0 aliphatic carbocycles. The predicted octanol–water partition coefficient (Wildman–Crippen LogP) is 2.04. The number of carbonyl (C=O) groups excluding carboxylic acids is 1. The SMILES string of the molecule is O=C(CS)NCCc1ccccc1Br. The molecule has 0 aliphatic rings. The van der Waals surface area contributed by atoms with E-state index in [1.165, 1.54) is 5.56 Å². The molecule has 0 bridgehead atoms. The minimum atomic E-state index is -0.0274. The van der Waals surface area contributed by atoms with Gasteiger partial charge in [-0.05, 0) is 18.1 Å².